The average molecular weight is 454 g/mol. The highest BCUT2D eigenvalue weighted by molar-refractivity contribution is 7.93. The average Bonchev–Trinajstić information content (AvgIpc) is 2.57. The second-order valence-electron chi connectivity index (χ2n) is 5.49. The van der Waals surface area contributed by atoms with E-state index in [1.165, 1.54) is 12.2 Å². The quantitative estimate of drug-likeness (QED) is 0.266. The molecule has 0 N–H and O–H groups in total. The van der Waals surface area contributed by atoms with E-state index in [2.05, 4.69) is 13.2 Å². The van der Waals surface area contributed by atoms with Crippen molar-refractivity contribution in [3.8, 4) is 0 Å². The smallest absolute Gasteiger partial charge is 0.165 e. The van der Waals surface area contributed by atoms with Crippen LogP contribution in [0, 0.1) is 0 Å². The first-order valence-corrected chi connectivity index (χ1v) is 11.8. The number of rotatable bonds is 16. The van der Waals surface area contributed by atoms with Gasteiger partial charge < -0.3 is 0 Å². The molecule has 0 radical (unpaired) electrons. The van der Waals surface area contributed by atoms with Crippen LogP contribution < -0.4 is 0 Å². The van der Waals surface area contributed by atoms with Crippen LogP contribution in [0.3, 0.4) is 0 Å². The van der Waals surface area contributed by atoms with Crippen LogP contribution in [-0.4, -0.2) is 91.5 Å². The van der Waals surface area contributed by atoms with E-state index < -0.39 is 20.3 Å². The van der Waals surface area contributed by atoms with Gasteiger partial charge >= 0.3 is 0 Å². The summed E-state index contributed by atoms with van der Waals surface area (Å²) >= 11 is 23.2. The number of sulfone groups is 1. The molecule has 0 saturated carbocycles. The summed E-state index contributed by atoms with van der Waals surface area (Å²) in [5, 5.41) is -1.45. The maximum atomic E-state index is 13.1. The largest absolute Gasteiger partial charge is 0.299 e. The normalized spacial score (nSPS) is 14.6. The molecule has 0 bridgehead atoms. The molecule has 4 nitrogen and oxygen atoms in total. The minimum absolute atomic E-state index is 0.306. The maximum absolute atomic E-state index is 13.1. The molecule has 0 aliphatic rings. The number of hydrogen-bond donors (Lipinski definition) is 0. The zero-order valence-corrected chi connectivity index (χ0v) is 18.3. The van der Waals surface area contributed by atoms with E-state index in [1.54, 1.807) is 0 Å². The molecule has 0 rings (SSSR count). The Bertz CT molecular complexity index is 429. The summed E-state index contributed by atoms with van der Waals surface area (Å²) < 4.78 is 26.1. The van der Waals surface area contributed by atoms with E-state index in [1.807, 2.05) is 9.80 Å². The van der Waals surface area contributed by atoms with Crippen LogP contribution in [0.5, 0.6) is 0 Å². The first-order valence-electron chi connectivity index (χ1n) is 8.07. The van der Waals surface area contributed by atoms with E-state index in [0.717, 1.165) is 0 Å². The highest BCUT2D eigenvalue weighted by atomic mass is 35.5. The Morgan fingerprint density at radius 2 is 1.00 bits per heavy atom. The Hall–Kier alpha value is 0.510. The van der Waals surface area contributed by atoms with Crippen LogP contribution >= 0.6 is 46.4 Å². The fraction of sp³-hybridized carbons (Fsp3) is 0.750. The Labute approximate surface area is 172 Å². The predicted octanol–water partition coefficient (Wildman–Crippen LogP) is 3.07. The summed E-state index contributed by atoms with van der Waals surface area (Å²) in [6, 6.07) is 0. The molecule has 2 unspecified atom stereocenters. The van der Waals surface area contributed by atoms with Crippen LogP contribution in [-0.2, 0) is 9.84 Å². The first-order chi connectivity index (χ1) is 11.9. The van der Waals surface area contributed by atoms with Gasteiger partial charge in [0.1, 0.15) is 0 Å². The van der Waals surface area contributed by atoms with Gasteiger partial charge in [-0.05, 0) is 0 Å². The van der Waals surface area contributed by atoms with Crippen molar-refractivity contribution in [1.29, 1.82) is 0 Å². The van der Waals surface area contributed by atoms with Crippen molar-refractivity contribution in [2.45, 2.75) is 10.5 Å². The van der Waals surface area contributed by atoms with E-state index in [4.69, 9.17) is 46.4 Å². The Balaban J connectivity index is 5.25. The third kappa shape index (κ3) is 9.32. The van der Waals surface area contributed by atoms with Gasteiger partial charge in [-0.15, -0.1) is 59.6 Å². The zero-order chi connectivity index (χ0) is 19.3. The van der Waals surface area contributed by atoms with Gasteiger partial charge in [-0.25, -0.2) is 8.42 Å². The van der Waals surface area contributed by atoms with Crippen LogP contribution in [0.2, 0.25) is 0 Å². The lowest BCUT2D eigenvalue weighted by Gasteiger charge is -2.29. The molecule has 0 saturated heterocycles. The van der Waals surface area contributed by atoms with Crippen molar-refractivity contribution in [1.82, 2.24) is 9.80 Å². The minimum Gasteiger partial charge on any atom is -0.299 e. The number of hydrogen-bond acceptors (Lipinski definition) is 4. The van der Waals surface area contributed by atoms with Gasteiger partial charge in [-0.1, -0.05) is 12.2 Å². The second-order valence-corrected chi connectivity index (χ2v) is 9.40. The summed E-state index contributed by atoms with van der Waals surface area (Å²) in [6.45, 7) is 10.3. The molecule has 0 aromatic rings. The summed E-state index contributed by atoms with van der Waals surface area (Å²) in [4.78, 5) is 3.86. The van der Waals surface area contributed by atoms with Gasteiger partial charge in [0, 0.05) is 62.8 Å². The molecule has 0 aliphatic carbocycles. The van der Waals surface area contributed by atoms with Crippen LogP contribution in [0.15, 0.2) is 25.3 Å². The molecule has 148 valence electrons. The molecule has 9 heteroatoms. The highest BCUT2D eigenvalue weighted by Gasteiger charge is 2.32. The van der Waals surface area contributed by atoms with E-state index in [0.29, 0.717) is 62.8 Å². The fourth-order valence-electron chi connectivity index (χ4n) is 2.43. The van der Waals surface area contributed by atoms with Gasteiger partial charge in [0.2, 0.25) is 0 Å². The van der Waals surface area contributed by atoms with Crippen molar-refractivity contribution in [3.05, 3.63) is 25.3 Å². The second kappa shape index (κ2) is 14.6. The van der Waals surface area contributed by atoms with Crippen molar-refractivity contribution >= 4 is 56.2 Å². The van der Waals surface area contributed by atoms with E-state index in [-0.39, 0.29) is 0 Å². The summed E-state index contributed by atoms with van der Waals surface area (Å²) in [5.41, 5.74) is 0. The maximum Gasteiger partial charge on any atom is 0.165 e. The summed E-state index contributed by atoms with van der Waals surface area (Å²) in [5.74, 6) is 1.63. The Kier molecular flexibility index (Phi) is 14.9. The molecule has 0 fully saturated rings. The fourth-order valence-corrected chi connectivity index (χ4v) is 5.20. The third-order valence-electron chi connectivity index (χ3n) is 3.85. The number of alkyl halides is 4. The molecule has 0 heterocycles. The summed E-state index contributed by atoms with van der Waals surface area (Å²) in [7, 11) is -3.52. The topological polar surface area (TPSA) is 40.6 Å². The molecule has 0 aliphatic heterocycles. The predicted molar refractivity (Wildman–Crippen MR) is 113 cm³/mol. The lowest BCUT2D eigenvalue weighted by atomic mass is 10.3. The SMILES string of the molecule is C=CC(CN(CCCl)CCCl)S(=O)(=O)C(C=C)CN(CCCl)CCCl. The molecule has 0 amide bonds. The Morgan fingerprint density at radius 1 is 0.720 bits per heavy atom. The van der Waals surface area contributed by atoms with E-state index >= 15 is 0 Å². The van der Waals surface area contributed by atoms with Crippen molar-refractivity contribution in [2.75, 3.05) is 62.8 Å². The summed E-state index contributed by atoms with van der Waals surface area (Å²) in [6.07, 6.45) is 2.93. The van der Waals surface area contributed by atoms with Gasteiger partial charge in [-0.3, -0.25) is 9.80 Å². The van der Waals surface area contributed by atoms with Gasteiger partial charge in [-0.2, -0.15) is 0 Å². The highest BCUT2D eigenvalue weighted by Crippen LogP contribution is 2.16. The number of nitrogens with zero attached hydrogens (tertiary/aromatic N) is 2. The number of halogens is 4. The molecular formula is C16H28Cl4N2O2S. The lowest BCUT2D eigenvalue weighted by molar-refractivity contribution is 0.306. The molecular weight excluding hydrogens is 426 g/mol. The molecule has 2 atom stereocenters. The zero-order valence-electron chi connectivity index (χ0n) is 14.4. The molecule has 0 spiro atoms. The Morgan fingerprint density at radius 3 is 1.20 bits per heavy atom. The standard InChI is InChI=1S/C16H28Cl4N2O2S/c1-3-15(13-21(9-5-17)10-6-18)25(23,24)16(4-2)14-22(11-7-19)12-8-20/h3-4,15-16H,1-2,5-14H2. The van der Waals surface area contributed by atoms with Crippen molar-refractivity contribution in [3.63, 3.8) is 0 Å². The first kappa shape index (κ1) is 25.5. The van der Waals surface area contributed by atoms with Crippen molar-refractivity contribution in [2.24, 2.45) is 0 Å². The molecule has 0 aromatic heterocycles. The molecule has 25 heavy (non-hydrogen) atoms. The van der Waals surface area contributed by atoms with Crippen molar-refractivity contribution < 1.29 is 8.42 Å². The third-order valence-corrected chi connectivity index (χ3v) is 6.90. The van der Waals surface area contributed by atoms with Crippen LogP contribution in [0.25, 0.3) is 0 Å². The molecule has 0 aromatic carbocycles. The van der Waals surface area contributed by atoms with Crippen LogP contribution in [0.4, 0.5) is 0 Å². The lowest BCUT2D eigenvalue weighted by Crippen LogP contribution is -2.45. The minimum atomic E-state index is -3.52. The van der Waals surface area contributed by atoms with Gasteiger partial charge in [0.05, 0.1) is 10.5 Å². The van der Waals surface area contributed by atoms with Gasteiger partial charge in [0.15, 0.2) is 9.84 Å². The monoisotopic (exact) mass is 452 g/mol. The van der Waals surface area contributed by atoms with E-state index in [9.17, 15) is 8.42 Å². The van der Waals surface area contributed by atoms with Gasteiger partial charge in [0.25, 0.3) is 0 Å². The van der Waals surface area contributed by atoms with Crippen LogP contribution in [0.1, 0.15) is 0 Å².